The van der Waals surface area contributed by atoms with Gasteiger partial charge in [-0.15, -0.1) is 0 Å². The monoisotopic (exact) mass is 246 g/mol. The lowest BCUT2D eigenvalue weighted by atomic mass is 9.80. The highest BCUT2D eigenvalue weighted by Gasteiger charge is 2.54. The molecule has 2 bridgehead atoms. The van der Waals surface area contributed by atoms with Crippen molar-refractivity contribution in [2.24, 2.45) is 23.7 Å². The first-order chi connectivity index (χ1) is 8.72. The van der Waals surface area contributed by atoms with E-state index in [1.807, 2.05) is 0 Å². The van der Waals surface area contributed by atoms with Crippen LogP contribution in [0.15, 0.2) is 11.1 Å². The van der Waals surface area contributed by atoms with Crippen molar-refractivity contribution in [3.63, 3.8) is 0 Å². The summed E-state index contributed by atoms with van der Waals surface area (Å²) >= 11 is 0. The molecule has 0 aromatic heterocycles. The van der Waals surface area contributed by atoms with Crippen molar-refractivity contribution in [1.82, 2.24) is 0 Å². The van der Waals surface area contributed by atoms with E-state index in [1.54, 1.807) is 11.1 Å². The summed E-state index contributed by atoms with van der Waals surface area (Å²) in [5, 5.41) is 10.0. The van der Waals surface area contributed by atoms with Crippen molar-refractivity contribution < 1.29 is 9.90 Å². The average Bonchev–Trinajstić information content (AvgIpc) is 2.99. The van der Waals surface area contributed by atoms with Crippen molar-refractivity contribution in [3.8, 4) is 0 Å². The summed E-state index contributed by atoms with van der Waals surface area (Å²) in [6.45, 7) is 0. The smallest absolute Gasteiger partial charge is 0.133 e. The van der Waals surface area contributed by atoms with E-state index in [0.717, 1.165) is 49.9 Å². The molecule has 0 aromatic rings. The maximum absolute atomic E-state index is 11.3. The Morgan fingerprint density at radius 3 is 2.33 bits per heavy atom. The van der Waals surface area contributed by atoms with Gasteiger partial charge in [0.15, 0.2) is 0 Å². The van der Waals surface area contributed by atoms with Crippen molar-refractivity contribution in [3.05, 3.63) is 11.1 Å². The molecule has 1 N–H and O–H groups in total. The van der Waals surface area contributed by atoms with E-state index in [1.165, 1.54) is 19.3 Å². The van der Waals surface area contributed by atoms with Gasteiger partial charge in [0, 0.05) is 12.8 Å². The number of allylic oxidation sites excluding steroid dienone is 2. The molecule has 4 saturated carbocycles. The zero-order valence-corrected chi connectivity index (χ0v) is 10.9. The minimum Gasteiger partial charge on any atom is -0.393 e. The Labute approximate surface area is 108 Å². The van der Waals surface area contributed by atoms with Gasteiger partial charge in [-0.05, 0) is 62.2 Å². The number of aliphatic hydroxyl groups excluding tert-OH is 1. The van der Waals surface area contributed by atoms with Crippen LogP contribution in [-0.2, 0) is 4.79 Å². The number of aliphatic hydroxyl groups is 1. The van der Waals surface area contributed by atoms with Gasteiger partial charge in [0.2, 0.25) is 0 Å². The molecule has 0 aliphatic heterocycles. The average molecular weight is 246 g/mol. The van der Waals surface area contributed by atoms with Crippen LogP contribution in [0.25, 0.3) is 0 Å². The van der Waals surface area contributed by atoms with E-state index < -0.39 is 0 Å². The van der Waals surface area contributed by atoms with Gasteiger partial charge in [-0.2, -0.15) is 0 Å². The summed E-state index contributed by atoms with van der Waals surface area (Å²) in [5.41, 5.74) is 3.29. The molecule has 4 rings (SSSR count). The first-order valence-corrected chi connectivity index (χ1v) is 7.62. The zero-order chi connectivity index (χ0) is 12.3. The molecule has 0 aromatic carbocycles. The SMILES string of the molecule is O=C1CCC(=C2C[C@@H]3[C@H](C2)[C@@H]2C[C@H]3[C@@H](O)C2)CC1. The molecule has 0 radical (unpaired) electrons. The second kappa shape index (κ2) is 3.93. The third kappa shape index (κ3) is 1.54. The predicted octanol–water partition coefficient (Wildman–Crippen LogP) is 2.85. The van der Waals surface area contributed by atoms with Crippen LogP contribution in [0.2, 0.25) is 0 Å². The number of carbonyl (C=O) groups is 1. The quantitative estimate of drug-likeness (QED) is 0.667. The highest BCUT2D eigenvalue weighted by atomic mass is 16.3. The Kier molecular flexibility index (Phi) is 2.45. The molecule has 2 heteroatoms. The Morgan fingerprint density at radius 2 is 1.56 bits per heavy atom. The molecular formula is C16H22O2. The first-order valence-electron chi connectivity index (χ1n) is 7.62. The number of Topliss-reactive ketones (excluding diaryl/α,β-unsaturated/α-hetero) is 1. The molecule has 0 amide bonds. The molecule has 0 spiro atoms. The molecule has 0 saturated heterocycles. The Hall–Kier alpha value is -0.630. The van der Waals surface area contributed by atoms with E-state index in [0.29, 0.717) is 11.7 Å². The minimum absolute atomic E-state index is 0.00599. The lowest BCUT2D eigenvalue weighted by Gasteiger charge is -2.27. The number of ketones is 1. The van der Waals surface area contributed by atoms with Gasteiger partial charge in [0.05, 0.1) is 6.10 Å². The van der Waals surface area contributed by atoms with Gasteiger partial charge in [0.25, 0.3) is 0 Å². The lowest BCUT2D eigenvalue weighted by molar-refractivity contribution is -0.119. The molecule has 18 heavy (non-hydrogen) atoms. The van der Waals surface area contributed by atoms with Gasteiger partial charge < -0.3 is 5.11 Å². The maximum atomic E-state index is 11.3. The number of fused-ring (bicyclic) bond motifs is 5. The van der Waals surface area contributed by atoms with E-state index in [9.17, 15) is 9.90 Å². The molecule has 2 nitrogen and oxygen atoms in total. The fourth-order valence-electron chi connectivity index (χ4n) is 5.31. The molecule has 0 heterocycles. The predicted molar refractivity (Wildman–Crippen MR) is 68.9 cm³/mol. The topological polar surface area (TPSA) is 37.3 Å². The summed E-state index contributed by atoms with van der Waals surface area (Å²) in [5.74, 6) is 3.51. The second-order valence-electron chi connectivity index (χ2n) is 6.94. The van der Waals surface area contributed by atoms with E-state index in [4.69, 9.17) is 0 Å². The molecule has 98 valence electrons. The zero-order valence-electron chi connectivity index (χ0n) is 10.9. The number of carbonyl (C=O) groups excluding carboxylic acids is 1. The maximum Gasteiger partial charge on any atom is 0.133 e. The van der Waals surface area contributed by atoms with Gasteiger partial charge in [-0.3, -0.25) is 4.79 Å². The summed E-state index contributed by atoms with van der Waals surface area (Å²) in [6, 6.07) is 0. The van der Waals surface area contributed by atoms with Gasteiger partial charge in [-0.25, -0.2) is 0 Å². The van der Waals surface area contributed by atoms with Crippen molar-refractivity contribution in [2.75, 3.05) is 0 Å². The third-order valence-corrected chi connectivity index (χ3v) is 6.19. The highest BCUT2D eigenvalue weighted by Crippen LogP contribution is 2.60. The number of rotatable bonds is 0. The minimum atomic E-state index is -0.00599. The normalized spacial score (nSPS) is 46.9. The molecule has 5 atom stereocenters. The Morgan fingerprint density at radius 1 is 0.833 bits per heavy atom. The molecule has 0 unspecified atom stereocenters. The van der Waals surface area contributed by atoms with Crippen molar-refractivity contribution >= 4 is 5.78 Å². The Bertz CT molecular complexity index is 411. The van der Waals surface area contributed by atoms with Crippen molar-refractivity contribution in [1.29, 1.82) is 0 Å². The fourth-order valence-corrected chi connectivity index (χ4v) is 5.31. The van der Waals surface area contributed by atoms with Crippen LogP contribution < -0.4 is 0 Å². The van der Waals surface area contributed by atoms with Crippen LogP contribution in [0.3, 0.4) is 0 Å². The van der Waals surface area contributed by atoms with Crippen LogP contribution in [0, 0.1) is 23.7 Å². The van der Waals surface area contributed by atoms with E-state index >= 15 is 0 Å². The number of hydrogen-bond acceptors (Lipinski definition) is 2. The summed E-state index contributed by atoms with van der Waals surface area (Å²) in [7, 11) is 0. The van der Waals surface area contributed by atoms with Crippen LogP contribution in [0.1, 0.15) is 51.4 Å². The van der Waals surface area contributed by atoms with Crippen LogP contribution in [0.4, 0.5) is 0 Å². The van der Waals surface area contributed by atoms with E-state index in [-0.39, 0.29) is 6.10 Å². The standard InChI is InChI=1S/C16H22O2/c17-12-3-1-9(2-4-12)10-5-13-11-7-15(14(13)6-10)16(18)8-11/h11,13-16,18H,1-8H2/t11-,13-,14-,15-,16+/m1/s1. The molecule has 4 fully saturated rings. The summed E-state index contributed by atoms with van der Waals surface area (Å²) in [6.07, 6.45) is 8.51. The largest absolute Gasteiger partial charge is 0.393 e. The van der Waals surface area contributed by atoms with Gasteiger partial charge in [0.1, 0.15) is 5.78 Å². The van der Waals surface area contributed by atoms with Gasteiger partial charge in [-0.1, -0.05) is 11.1 Å². The van der Waals surface area contributed by atoms with Crippen molar-refractivity contribution in [2.45, 2.75) is 57.5 Å². The van der Waals surface area contributed by atoms with Gasteiger partial charge >= 0.3 is 0 Å². The third-order valence-electron chi connectivity index (χ3n) is 6.19. The Balaban J connectivity index is 1.54. The lowest BCUT2D eigenvalue weighted by Crippen LogP contribution is -2.27. The fraction of sp³-hybridized carbons (Fsp3) is 0.812. The molecule has 4 aliphatic carbocycles. The van der Waals surface area contributed by atoms with Crippen LogP contribution in [0.5, 0.6) is 0 Å². The second-order valence-corrected chi connectivity index (χ2v) is 6.94. The number of hydrogen-bond donors (Lipinski definition) is 1. The summed E-state index contributed by atoms with van der Waals surface area (Å²) in [4.78, 5) is 11.3. The van der Waals surface area contributed by atoms with Crippen LogP contribution >= 0.6 is 0 Å². The van der Waals surface area contributed by atoms with Crippen LogP contribution in [-0.4, -0.2) is 17.0 Å². The molecular weight excluding hydrogens is 224 g/mol. The summed E-state index contributed by atoms with van der Waals surface area (Å²) < 4.78 is 0. The first kappa shape index (κ1) is 11.2. The highest BCUT2D eigenvalue weighted by molar-refractivity contribution is 5.80. The molecule has 4 aliphatic rings. The van der Waals surface area contributed by atoms with E-state index in [2.05, 4.69) is 0 Å².